The summed E-state index contributed by atoms with van der Waals surface area (Å²) in [5.74, 6) is -0.726. The molecule has 0 unspecified atom stereocenters. The van der Waals surface area contributed by atoms with Crippen molar-refractivity contribution in [2.45, 2.75) is 122 Å². The number of carboxylic acids is 1. The van der Waals surface area contributed by atoms with Crippen LogP contribution in [0.15, 0.2) is 24.3 Å². The van der Waals surface area contributed by atoms with Crippen molar-refractivity contribution < 1.29 is 9.90 Å². The van der Waals surface area contributed by atoms with E-state index in [1.54, 1.807) is 0 Å². The third-order valence-corrected chi connectivity index (χ3v) is 4.88. The first-order valence-electron chi connectivity index (χ1n) is 11.3. The van der Waals surface area contributed by atoms with Gasteiger partial charge in [-0.15, -0.1) is 0 Å². The molecular formula is C24H44O2. The fourth-order valence-electron chi connectivity index (χ4n) is 3.19. The van der Waals surface area contributed by atoms with E-state index in [1.165, 1.54) is 96.3 Å². The van der Waals surface area contributed by atoms with Crippen molar-refractivity contribution >= 4 is 5.97 Å². The van der Waals surface area contributed by atoms with E-state index in [1.807, 2.05) is 18.2 Å². The van der Waals surface area contributed by atoms with Crippen molar-refractivity contribution in [2.75, 3.05) is 0 Å². The third kappa shape index (κ3) is 22.9. The lowest BCUT2D eigenvalue weighted by molar-refractivity contribution is -0.136. The van der Waals surface area contributed by atoms with Gasteiger partial charge in [-0.25, -0.2) is 0 Å². The molecule has 0 aliphatic rings. The van der Waals surface area contributed by atoms with Crippen LogP contribution in [0.4, 0.5) is 0 Å². The van der Waals surface area contributed by atoms with E-state index in [2.05, 4.69) is 13.0 Å². The molecule has 0 rings (SSSR count). The van der Waals surface area contributed by atoms with Gasteiger partial charge in [0, 0.05) is 6.42 Å². The highest BCUT2D eigenvalue weighted by Crippen LogP contribution is 2.13. The highest BCUT2D eigenvalue weighted by Gasteiger charge is 1.94. The van der Waals surface area contributed by atoms with Gasteiger partial charge in [0.1, 0.15) is 0 Å². The summed E-state index contributed by atoms with van der Waals surface area (Å²) in [6.07, 6.45) is 31.2. The zero-order valence-corrected chi connectivity index (χ0v) is 17.4. The van der Waals surface area contributed by atoms with Crippen LogP contribution in [0.2, 0.25) is 0 Å². The smallest absolute Gasteiger partial charge is 0.303 e. The number of aliphatic carboxylic acids is 1. The van der Waals surface area contributed by atoms with E-state index in [0.29, 0.717) is 6.42 Å². The summed E-state index contributed by atoms with van der Waals surface area (Å²) in [4.78, 5) is 10.3. The maximum atomic E-state index is 10.3. The normalized spacial score (nSPS) is 11.7. The molecule has 26 heavy (non-hydrogen) atoms. The number of carbonyl (C=O) groups is 1. The van der Waals surface area contributed by atoms with Gasteiger partial charge in [-0.2, -0.15) is 0 Å². The fraction of sp³-hybridized carbons (Fsp3) is 0.792. The SMILES string of the molecule is CCCCCCCCCCCCCCCCCC=CC=CCCC(=O)O. The lowest BCUT2D eigenvalue weighted by Gasteiger charge is -2.03. The lowest BCUT2D eigenvalue weighted by atomic mass is 10.0. The molecule has 0 bridgehead atoms. The van der Waals surface area contributed by atoms with E-state index in [-0.39, 0.29) is 6.42 Å². The summed E-state index contributed by atoms with van der Waals surface area (Å²) in [5, 5.41) is 8.52. The number of unbranched alkanes of at least 4 members (excludes halogenated alkanes) is 15. The largest absolute Gasteiger partial charge is 0.481 e. The Hall–Kier alpha value is -1.05. The number of allylic oxidation sites excluding steroid dienone is 4. The van der Waals surface area contributed by atoms with Crippen LogP contribution < -0.4 is 0 Å². The molecule has 0 aliphatic carbocycles. The zero-order valence-electron chi connectivity index (χ0n) is 17.4. The summed E-state index contributed by atoms with van der Waals surface area (Å²) in [7, 11) is 0. The van der Waals surface area contributed by atoms with Gasteiger partial charge in [0.25, 0.3) is 0 Å². The van der Waals surface area contributed by atoms with Crippen molar-refractivity contribution in [1.82, 2.24) is 0 Å². The average molecular weight is 365 g/mol. The number of rotatable bonds is 20. The molecule has 0 saturated carbocycles. The van der Waals surface area contributed by atoms with Gasteiger partial charge < -0.3 is 5.11 Å². The van der Waals surface area contributed by atoms with Gasteiger partial charge in [0.2, 0.25) is 0 Å². The van der Waals surface area contributed by atoms with Gasteiger partial charge in [-0.1, -0.05) is 121 Å². The Balaban J connectivity index is 3.12. The number of carboxylic acid groups (broad SMARTS) is 1. The van der Waals surface area contributed by atoms with E-state index in [4.69, 9.17) is 5.11 Å². The molecular weight excluding hydrogens is 320 g/mol. The average Bonchev–Trinajstić information content (AvgIpc) is 2.62. The Kier molecular flexibility index (Phi) is 21.1. The van der Waals surface area contributed by atoms with Crippen molar-refractivity contribution in [1.29, 1.82) is 0 Å². The first kappa shape index (κ1) is 24.9. The van der Waals surface area contributed by atoms with Crippen LogP contribution in [-0.4, -0.2) is 11.1 Å². The van der Waals surface area contributed by atoms with Crippen molar-refractivity contribution in [3.05, 3.63) is 24.3 Å². The molecule has 0 aromatic rings. The van der Waals surface area contributed by atoms with Gasteiger partial charge >= 0.3 is 5.97 Å². The molecule has 0 spiro atoms. The monoisotopic (exact) mass is 364 g/mol. The molecule has 0 aromatic heterocycles. The molecule has 2 heteroatoms. The minimum Gasteiger partial charge on any atom is -0.481 e. The molecule has 2 nitrogen and oxygen atoms in total. The van der Waals surface area contributed by atoms with Crippen LogP contribution in [0.25, 0.3) is 0 Å². The molecule has 0 amide bonds. The standard InChI is InChI=1S/C24H44O2/c1-2-3-4-5-6-7-8-9-10-11-12-13-14-15-16-17-18-19-20-21-22-23-24(25)26/h18-21H,2-17,22-23H2,1H3,(H,25,26). The summed E-state index contributed by atoms with van der Waals surface area (Å²) < 4.78 is 0. The maximum Gasteiger partial charge on any atom is 0.303 e. The zero-order chi connectivity index (χ0) is 19.1. The fourth-order valence-corrected chi connectivity index (χ4v) is 3.19. The van der Waals surface area contributed by atoms with Gasteiger partial charge in [-0.05, 0) is 19.3 Å². The third-order valence-electron chi connectivity index (χ3n) is 4.88. The predicted molar refractivity (Wildman–Crippen MR) is 115 cm³/mol. The Morgan fingerprint density at radius 1 is 0.615 bits per heavy atom. The van der Waals surface area contributed by atoms with Gasteiger partial charge in [-0.3, -0.25) is 4.79 Å². The molecule has 0 atom stereocenters. The minimum atomic E-state index is -0.726. The van der Waals surface area contributed by atoms with Crippen LogP contribution >= 0.6 is 0 Å². The Labute approximate surface area is 163 Å². The van der Waals surface area contributed by atoms with E-state index >= 15 is 0 Å². The molecule has 1 N–H and O–H groups in total. The van der Waals surface area contributed by atoms with Crippen molar-refractivity contribution in [3.8, 4) is 0 Å². The van der Waals surface area contributed by atoms with Crippen LogP contribution in [0.3, 0.4) is 0 Å². The Morgan fingerprint density at radius 3 is 1.42 bits per heavy atom. The van der Waals surface area contributed by atoms with Crippen molar-refractivity contribution in [2.24, 2.45) is 0 Å². The summed E-state index contributed by atoms with van der Waals surface area (Å²) in [6, 6.07) is 0. The van der Waals surface area contributed by atoms with Crippen LogP contribution in [0, 0.1) is 0 Å². The highest BCUT2D eigenvalue weighted by atomic mass is 16.4. The van der Waals surface area contributed by atoms with Crippen LogP contribution in [-0.2, 0) is 4.79 Å². The second-order valence-electron chi connectivity index (χ2n) is 7.53. The quantitative estimate of drug-likeness (QED) is 0.174. The minimum absolute atomic E-state index is 0.226. The lowest BCUT2D eigenvalue weighted by Crippen LogP contribution is -1.91. The Bertz CT molecular complexity index is 344. The molecule has 0 heterocycles. The predicted octanol–water partition coefficient (Wildman–Crippen LogP) is 8.23. The van der Waals surface area contributed by atoms with E-state index in [9.17, 15) is 4.79 Å². The van der Waals surface area contributed by atoms with E-state index < -0.39 is 5.97 Å². The van der Waals surface area contributed by atoms with Gasteiger partial charge in [0.05, 0.1) is 0 Å². The molecule has 0 aromatic carbocycles. The molecule has 152 valence electrons. The number of hydrogen-bond acceptors (Lipinski definition) is 1. The van der Waals surface area contributed by atoms with E-state index in [0.717, 1.165) is 6.42 Å². The molecule has 0 fully saturated rings. The topological polar surface area (TPSA) is 37.3 Å². The van der Waals surface area contributed by atoms with Crippen LogP contribution in [0.5, 0.6) is 0 Å². The molecule has 0 saturated heterocycles. The van der Waals surface area contributed by atoms with Gasteiger partial charge in [0.15, 0.2) is 0 Å². The van der Waals surface area contributed by atoms with Crippen LogP contribution in [0.1, 0.15) is 122 Å². The summed E-state index contributed by atoms with van der Waals surface area (Å²) in [6.45, 7) is 2.28. The Morgan fingerprint density at radius 2 is 1.00 bits per heavy atom. The first-order valence-corrected chi connectivity index (χ1v) is 11.3. The van der Waals surface area contributed by atoms with Crippen molar-refractivity contribution in [3.63, 3.8) is 0 Å². The number of hydrogen-bond donors (Lipinski definition) is 1. The summed E-state index contributed by atoms with van der Waals surface area (Å²) in [5.41, 5.74) is 0. The second kappa shape index (κ2) is 22.0. The summed E-state index contributed by atoms with van der Waals surface area (Å²) >= 11 is 0. The molecule has 0 radical (unpaired) electrons. The second-order valence-corrected chi connectivity index (χ2v) is 7.53. The molecule has 0 aliphatic heterocycles. The highest BCUT2D eigenvalue weighted by molar-refractivity contribution is 5.66. The maximum absolute atomic E-state index is 10.3. The first-order chi connectivity index (χ1) is 12.8.